The minimum absolute atomic E-state index is 0.308. The maximum absolute atomic E-state index is 12.4. The van der Waals surface area contributed by atoms with Gasteiger partial charge >= 0.3 is 5.97 Å². The van der Waals surface area contributed by atoms with Gasteiger partial charge in [-0.1, -0.05) is 24.3 Å². The zero-order valence-electron chi connectivity index (χ0n) is 15.2. The van der Waals surface area contributed by atoms with E-state index in [9.17, 15) is 4.79 Å². The summed E-state index contributed by atoms with van der Waals surface area (Å²) in [6, 6.07) is 12.2. The zero-order chi connectivity index (χ0) is 18.1. The van der Waals surface area contributed by atoms with Crippen molar-refractivity contribution in [3.05, 3.63) is 65.2 Å². The average Bonchev–Trinajstić information content (AvgIpc) is 3.20. The molecule has 0 saturated heterocycles. The van der Waals surface area contributed by atoms with E-state index < -0.39 is 5.60 Å². The van der Waals surface area contributed by atoms with Crippen molar-refractivity contribution in [1.82, 2.24) is 4.98 Å². The Morgan fingerprint density at radius 3 is 2.65 bits per heavy atom. The molecule has 5 rings (SSSR count). The van der Waals surface area contributed by atoms with Crippen LogP contribution in [0.3, 0.4) is 0 Å². The van der Waals surface area contributed by atoms with Crippen molar-refractivity contribution in [3.63, 3.8) is 0 Å². The van der Waals surface area contributed by atoms with Crippen LogP contribution >= 0.6 is 0 Å². The lowest BCUT2D eigenvalue weighted by molar-refractivity contribution is 0.00697. The quantitative estimate of drug-likeness (QED) is 0.333. The highest BCUT2D eigenvalue weighted by Gasteiger charge is 2.34. The SMILES string of the molecule is CC(C)(C)OC(=O)c1ccc2cc3c4c(ccc3nc2c1)C1C=CC4C1. The van der Waals surface area contributed by atoms with Crippen LogP contribution in [0.2, 0.25) is 0 Å². The molecule has 0 radical (unpaired) electrons. The molecule has 0 N–H and O–H groups in total. The Labute approximate surface area is 152 Å². The van der Waals surface area contributed by atoms with Crippen LogP contribution in [0.25, 0.3) is 21.8 Å². The summed E-state index contributed by atoms with van der Waals surface area (Å²) in [5.41, 5.74) is 4.77. The molecular formula is C23H21NO2. The molecule has 1 heterocycles. The highest BCUT2D eigenvalue weighted by atomic mass is 16.6. The number of hydrogen-bond donors (Lipinski definition) is 0. The smallest absolute Gasteiger partial charge is 0.338 e. The van der Waals surface area contributed by atoms with E-state index in [-0.39, 0.29) is 5.97 Å². The first-order chi connectivity index (χ1) is 12.4. The number of rotatable bonds is 1. The van der Waals surface area contributed by atoms with Crippen molar-refractivity contribution in [3.8, 4) is 0 Å². The minimum Gasteiger partial charge on any atom is -0.456 e. The molecule has 0 amide bonds. The molecule has 0 spiro atoms. The van der Waals surface area contributed by atoms with Crippen LogP contribution in [0.5, 0.6) is 0 Å². The molecular weight excluding hydrogens is 322 g/mol. The van der Waals surface area contributed by atoms with E-state index in [1.807, 2.05) is 39.0 Å². The number of aromatic nitrogens is 1. The summed E-state index contributed by atoms with van der Waals surface area (Å²) < 4.78 is 5.48. The van der Waals surface area contributed by atoms with Gasteiger partial charge in [-0.3, -0.25) is 0 Å². The second-order valence-electron chi connectivity index (χ2n) is 8.37. The Morgan fingerprint density at radius 1 is 1.04 bits per heavy atom. The first-order valence-electron chi connectivity index (χ1n) is 9.18. The number of nitrogens with zero attached hydrogens (tertiary/aromatic N) is 1. The fourth-order valence-electron chi connectivity index (χ4n) is 4.28. The lowest BCUT2D eigenvalue weighted by Crippen LogP contribution is -2.23. The number of pyridine rings is 1. The molecule has 2 atom stereocenters. The van der Waals surface area contributed by atoms with Crippen LogP contribution in [0.4, 0.5) is 0 Å². The highest BCUT2D eigenvalue weighted by molar-refractivity contribution is 5.99. The molecule has 3 nitrogen and oxygen atoms in total. The Bertz CT molecular complexity index is 1100. The van der Waals surface area contributed by atoms with E-state index in [4.69, 9.17) is 9.72 Å². The summed E-state index contributed by atoms with van der Waals surface area (Å²) in [5, 5.41) is 2.31. The number of ether oxygens (including phenoxy) is 1. The van der Waals surface area contributed by atoms with Crippen molar-refractivity contribution >= 4 is 27.8 Å². The molecule has 0 fully saturated rings. The molecule has 130 valence electrons. The molecule has 2 aromatic carbocycles. The zero-order valence-corrected chi connectivity index (χ0v) is 15.2. The monoisotopic (exact) mass is 343 g/mol. The lowest BCUT2D eigenvalue weighted by atomic mass is 9.92. The maximum Gasteiger partial charge on any atom is 0.338 e. The molecule has 3 aromatic rings. The molecule has 2 aliphatic carbocycles. The van der Waals surface area contributed by atoms with E-state index >= 15 is 0 Å². The number of esters is 1. The normalized spacial score (nSPS) is 20.7. The lowest BCUT2D eigenvalue weighted by Gasteiger charge is -2.19. The topological polar surface area (TPSA) is 39.2 Å². The van der Waals surface area contributed by atoms with Gasteiger partial charge in [-0.25, -0.2) is 9.78 Å². The first kappa shape index (κ1) is 15.6. The van der Waals surface area contributed by atoms with E-state index in [0.29, 0.717) is 17.4 Å². The van der Waals surface area contributed by atoms with Crippen LogP contribution in [0, 0.1) is 0 Å². The Hall–Kier alpha value is -2.68. The second-order valence-corrected chi connectivity index (χ2v) is 8.37. The number of carbonyl (C=O) groups excluding carboxylic acids is 1. The Balaban J connectivity index is 1.63. The summed E-state index contributed by atoms with van der Waals surface area (Å²) in [4.78, 5) is 17.2. The summed E-state index contributed by atoms with van der Waals surface area (Å²) in [7, 11) is 0. The molecule has 26 heavy (non-hydrogen) atoms. The van der Waals surface area contributed by atoms with Crippen LogP contribution in [0.15, 0.2) is 48.6 Å². The van der Waals surface area contributed by atoms with Gasteiger partial charge in [-0.2, -0.15) is 0 Å². The molecule has 0 saturated carbocycles. The standard InChI is InChI=1S/C23H21NO2/c1-23(2,3)26-22(25)16-7-5-14-11-18-19(24-20(14)12-16)9-8-17-13-4-6-15(10-13)21(17)18/h4-9,11-13,15H,10H2,1-3H3. The van der Waals surface area contributed by atoms with Crippen molar-refractivity contribution in [2.24, 2.45) is 0 Å². The summed E-state index contributed by atoms with van der Waals surface area (Å²) in [6.45, 7) is 5.63. The van der Waals surface area contributed by atoms with Gasteiger partial charge in [-0.05, 0) is 62.6 Å². The fraction of sp³-hybridized carbons (Fsp3) is 0.304. The number of hydrogen-bond acceptors (Lipinski definition) is 3. The van der Waals surface area contributed by atoms with Gasteiger partial charge in [0.05, 0.1) is 16.6 Å². The van der Waals surface area contributed by atoms with E-state index in [2.05, 4.69) is 30.4 Å². The van der Waals surface area contributed by atoms with Gasteiger partial charge in [0.2, 0.25) is 0 Å². The van der Waals surface area contributed by atoms with Crippen molar-refractivity contribution < 1.29 is 9.53 Å². The Kier molecular flexibility index (Phi) is 3.09. The van der Waals surface area contributed by atoms with Crippen LogP contribution in [-0.4, -0.2) is 16.6 Å². The van der Waals surface area contributed by atoms with Crippen LogP contribution in [0.1, 0.15) is 60.5 Å². The van der Waals surface area contributed by atoms with E-state index in [1.165, 1.54) is 22.9 Å². The third kappa shape index (κ3) is 2.34. The van der Waals surface area contributed by atoms with E-state index in [0.717, 1.165) is 16.4 Å². The third-order valence-corrected chi connectivity index (χ3v) is 5.36. The molecule has 2 aliphatic rings. The maximum atomic E-state index is 12.4. The van der Waals surface area contributed by atoms with Gasteiger partial charge in [0.15, 0.2) is 0 Å². The molecule has 2 unspecified atom stereocenters. The number of allylic oxidation sites excluding steroid dienone is 2. The van der Waals surface area contributed by atoms with Crippen LogP contribution < -0.4 is 0 Å². The molecule has 0 aliphatic heterocycles. The average molecular weight is 343 g/mol. The third-order valence-electron chi connectivity index (χ3n) is 5.36. The van der Waals surface area contributed by atoms with Crippen molar-refractivity contribution in [1.29, 1.82) is 0 Å². The minimum atomic E-state index is -0.504. The number of benzene rings is 2. The number of carbonyl (C=O) groups is 1. The van der Waals surface area contributed by atoms with Gasteiger partial charge < -0.3 is 4.74 Å². The number of fused-ring (bicyclic) bond motifs is 8. The van der Waals surface area contributed by atoms with Gasteiger partial charge in [0, 0.05) is 22.6 Å². The fourth-order valence-corrected chi connectivity index (χ4v) is 4.28. The van der Waals surface area contributed by atoms with Crippen molar-refractivity contribution in [2.45, 2.75) is 44.6 Å². The predicted molar refractivity (Wildman–Crippen MR) is 104 cm³/mol. The summed E-state index contributed by atoms with van der Waals surface area (Å²) in [6.07, 6.45) is 5.87. The molecule has 2 bridgehead atoms. The van der Waals surface area contributed by atoms with Gasteiger partial charge in [-0.15, -0.1) is 0 Å². The second kappa shape index (κ2) is 5.16. The molecule has 3 heteroatoms. The molecule has 1 aromatic heterocycles. The highest BCUT2D eigenvalue weighted by Crippen LogP contribution is 2.50. The van der Waals surface area contributed by atoms with Gasteiger partial charge in [0.1, 0.15) is 5.60 Å². The van der Waals surface area contributed by atoms with Crippen molar-refractivity contribution in [2.75, 3.05) is 0 Å². The van der Waals surface area contributed by atoms with Gasteiger partial charge in [0.25, 0.3) is 0 Å². The predicted octanol–water partition coefficient (Wildman–Crippen LogP) is 5.48. The Morgan fingerprint density at radius 2 is 1.85 bits per heavy atom. The first-order valence-corrected chi connectivity index (χ1v) is 9.18. The van der Waals surface area contributed by atoms with E-state index in [1.54, 1.807) is 0 Å². The summed E-state index contributed by atoms with van der Waals surface area (Å²) in [5.74, 6) is 0.793. The summed E-state index contributed by atoms with van der Waals surface area (Å²) >= 11 is 0. The largest absolute Gasteiger partial charge is 0.456 e. The van der Waals surface area contributed by atoms with Crippen LogP contribution in [-0.2, 0) is 4.74 Å².